The minimum Gasteiger partial charge on any atom is -0.320 e. The lowest BCUT2D eigenvalue weighted by Crippen LogP contribution is -2.10. The van der Waals surface area contributed by atoms with Crippen LogP contribution < -0.4 is 5.73 Å². The molecule has 0 bridgehead atoms. The maximum atomic E-state index is 6.17. The second-order valence-electron chi connectivity index (χ2n) is 3.20. The van der Waals surface area contributed by atoms with Crippen molar-refractivity contribution in [1.29, 1.82) is 0 Å². The number of rotatable bonds is 2. The van der Waals surface area contributed by atoms with Gasteiger partial charge in [-0.25, -0.2) is 0 Å². The Morgan fingerprint density at radius 2 is 1.80 bits per heavy atom. The van der Waals surface area contributed by atoms with Gasteiger partial charge < -0.3 is 5.73 Å². The third-order valence-corrected chi connectivity index (χ3v) is 3.96. The van der Waals surface area contributed by atoms with Crippen LogP contribution >= 0.6 is 43.2 Å². The smallest absolute Gasteiger partial charge is 0.0646 e. The minimum atomic E-state index is -0.0428. The maximum absolute atomic E-state index is 6.17. The summed E-state index contributed by atoms with van der Waals surface area (Å²) >= 11 is 8.61. The van der Waals surface area contributed by atoms with Crippen molar-refractivity contribution >= 4 is 43.2 Å². The van der Waals surface area contributed by atoms with Crippen molar-refractivity contribution in [3.05, 3.63) is 55.1 Å². The van der Waals surface area contributed by atoms with Gasteiger partial charge in [-0.1, -0.05) is 37.9 Å². The van der Waals surface area contributed by atoms with Gasteiger partial charge in [0.1, 0.15) is 0 Å². The third-order valence-electron chi connectivity index (χ3n) is 2.09. The Morgan fingerprint density at radius 1 is 1.13 bits per heavy atom. The molecule has 0 aliphatic carbocycles. The molecule has 1 nitrogen and oxygen atoms in total. The number of nitrogens with two attached hydrogens (primary N) is 1. The summed E-state index contributed by atoms with van der Waals surface area (Å²) in [6, 6.07) is 10.1. The van der Waals surface area contributed by atoms with Crippen LogP contribution in [0.15, 0.2) is 44.7 Å². The van der Waals surface area contributed by atoms with E-state index in [-0.39, 0.29) is 6.04 Å². The summed E-state index contributed by atoms with van der Waals surface area (Å²) in [5.41, 5.74) is 7.28. The molecule has 0 saturated heterocycles. The Kier molecular flexibility index (Phi) is 3.61. The van der Waals surface area contributed by atoms with Crippen molar-refractivity contribution in [2.24, 2.45) is 5.73 Å². The predicted octanol–water partition coefficient (Wildman–Crippen LogP) is 4.32. The molecule has 0 saturated carbocycles. The molecule has 1 atom stereocenters. The van der Waals surface area contributed by atoms with Crippen LogP contribution in [-0.4, -0.2) is 0 Å². The van der Waals surface area contributed by atoms with Crippen molar-refractivity contribution in [3.63, 3.8) is 0 Å². The Morgan fingerprint density at radius 3 is 2.33 bits per heavy atom. The van der Waals surface area contributed by atoms with Crippen LogP contribution in [0.3, 0.4) is 0 Å². The molecule has 0 radical (unpaired) electrons. The Labute approximate surface area is 110 Å². The molecular weight excluding hydrogens is 338 g/mol. The molecule has 0 aliphatic rings. The van der Waals surface area contributed by atoms with Gasteiger partial charge in [-0.05, 0) is 35.2 Å². The van der Waals surface area contributed by atoms with E-state index >= 15 is 0 Å². The fourth-order valence-electron chi connectivity index (χ4n) is 1.39. The van der Waals surface area contributed by atoms with E-state index < -0.39 is 0 Å². The fraction of sp³-hybridized carbons (Fsp3) is 0.0909. The highest BCUT2D eigenvalue weighted by Crippen LogP contribution is 2.28. The molecule has 1 aromatic heterocycles. The van der Waals surface area contributed by atoms with Gasteiger partial charge in [0.2, 0.25) is 0 Å². The summed E-state index contributed by atoms with van der Waals surface area (Å²) in [4.78, 5) is 1.18. The number of thiophene rings is 1. The van der Waals surface area contributed by atoms with E-state index in [1.807, 2.05) is 17.5 Å². The molecule has 0 aliphatic heterocycles. The van der Waals surface area contributed by atoms with Crippen LogP contribution in [0.4, 0.5) is 0 Å². The summed E-state index contributed by atoms with van der Waals surface area (Å²) in [5.74, 6) is 0. The third kappa shape index (κ3) is 2.69. The zero-order valence-corrected chi connectivity index (χ0v) is 11.8. The molecule has 0 amide bonds. The summed E-state index contributed by atoms with van der Waals surface area (Å²) < 4.78 is 2.08. The second-order valence-corrected chi connectivity index (χ2v) is 6.01. The van der Waals surface area contributed by atoms with Gasteiger partial charge in [0.25, 0.3) is 0 Å². The van der Waals surface area contributed by atoms with E-state index in [1.165, 1.54) is 4.88 Å². The van der Waals surface area contributed by atoms with Crippen LogP contribution in [0.25, 0.3) is 0 Å². The number of hydrogen-bond donors (Lipinski definition) is 1. The van der Waals surface area contributed by atoms with Crippen molar-refractivity contribution < 1.29 is 0 Å². The highest BCUT2D eigenvalue weighted by atomic mass is 79.9. The Balaban J connectivity index is 2.37. The molecule has 4 heteroatoms. The normalized spacial score (nSPS) is 12.7. The molecule has 1 heterocycles. The quantitative estimate of drug-likeness (QED) is 0.860. The van der Waals surface area contributed by atoms with Gasteiger partial charge in [-0.3, -0.25) is 0 Å². The lowest BCUT2D eigenvalue weighted by atomic mass is 10.1. The van der Waals surface area contributed by atoms with Gasteiger partial charge in [0, 0.05) is 13.8 Å². The van der Waals surface area contributed by atoms with Crippen LogP contribution in [0, 0.1) is 0 Å². The van der Waals surface area contributed by atoms with Gasteiger partial charge in [0.05, 0.1) is 6.04 Å². The van der Waals surface area contributed by atoms with Crippen molar-refractivity contribution in [2.45, 2.75) is 6.04 Å². The van der Waals surface area contributed by atoms with Gasteiger partial charge in [0.15, 0.2) is 0 Å². The first-order valence-electron chi connectivity index (χ1n) is 4.42. The first-order chi connectivity index (χ1) is 7.16. The molecule has 0 spiro atoms. The summed E-state index contributed by atoms with van der Waals surface area (Å²) in [6.07, 6.45) is 0. The molecule has 0 unspecified atom stereocenters. The van der Waals surface area contributed by atoms with Crippen LogP contribution in [-0.2, 0) is 0 Å². The van der Waals surface area contributed by atoms with E-state index in [9.17, 15) is 0 Å². The number of hydrogen-bond acceptors (Lipinski definition) is 2. The number of halogens is 2. The zero-order valence-electron chi connectivity index (χ0n) is 7.78. The Hall–Kier alpha value is -0.160. The van der Waals surface area contributed by atoms with E-state index in [0.29, 0.717) is 0 Å². The molecule has 2 rings (SSSR count). The van der Waals surface area contributed by atoms with E-state index in [1.54, 1.807) is 11.3 Å². The number of benzene rings is 1. The largest absolute Gasteiger partial charge is 0.320 e. The highest BCUT2D eigenvalue weighted by Gasteiger charge is 2.10. The molecule has 0 fully saturated rings. The van der Waals surface area contributed by atoms with Crippen molar-refractivity contribution in [3.8, 4) is 0 Å². The van der Waals surface area contributed by atoms with Gasteiger partial charge in [-0.2, -0.15) is 0 Å². The SMILES string of the molecule is N[C@H](c1cc(Br)cc(Br)c1)c1cccs1. The molecule has 2 aromatic rings. The molecular formula is C11H9Br2NS. The van der Waals surface area contributed by atoms with E-state index in [4.69, 9.17) is 5.73 Å². The standard InChI is InChI=1S/C11H9Br2NS/c12-8-4-7(5-9(13)6-8)11(14)10-2-1-3-15-10/h1-6,11H,14H2/t11-/m1/s1. The lowest BCUT2D eigenvalue weighted by Gasteiger charge is -2.11. The fourth-order valence-corrected chi connectivity index (χ4v) is 3.47. The van der Waals surface area contributed by atoms with Crippen molar-refractivity contribution in [1.82, 2.24) is 0 Å². The first kappa shape index (κ1) is 11.3. The van der Waals surface area contributed by atoms with Gasteiger partial charge in [-0.15, -0.1) is 11.3 Å². The van der Waals surface area contributed by atoms with Crippen molar-refractivity contribution in [2.75, 3.05) is 0 Å². The molecule has 2 N–H and O–H groups in total. The second kappa shape index (κ2) is 4.78. The predicted molar refractivity (Wildman–Crippen MR) is 72.2 cm³/mol. The molecule has 1 aromatic carbocycles. The zero-order chi connectivity index (χ0) is 10.8. The summed E-state index contributed by atoms with van der Waals surface area (Å²) in [7, 11) is 0. The lowest BCUT2D eigenvalue weighted by molar-refractivity contribution is 0.891. The highest BCUT2D eigenvalue weighted by molar-refractivity contribution is 9.11. The van der Waals surface area contributed by atoms with Crippen LogP contribution in [0.2, 0.25) is 0 Å². The van der Waals surface area contributed by atoms with Crippen LogP contribution in [0.1, 0.15) is 16.5 Å². The average Bonchev–Trinajstić information content (AvgIpc) is 2.67. The summed E-state index contributed by atoms with van der Waals surface area (Å²) in [6.45, 7) is 0. The molecule has 78 valence electrons. The average molecular weight is 347 g/mol. The monoisotopic (exact) mass is 345 g/mol. The first-order valence-corrected chi connectivity index (χ1v) is 6.88. The van der Waals surface area contributed by atoms with E-state index in [0.717, 1.165) is 14.5 Å². The van der Waals surface area contributed by atoms with Gasteiger partial charge >= 0.3 is 0 Å². The minimum absolute atomic E-state index is 0.0428. The molecule has 15 heavy (non-hydrogen) atoms. The summed E-state index contributed by atoms with van der Waals surface area (Å²) in [5, 5.41) is 2.04. The topological polar surface area (TPSA) is 26.0 Å². The van der Waals surface area contributed by atoms with E-state index in [2.05, 4.69) is 50.1 Å². The Bertz CT molecular complexity index is 433. The maximum Gasteiger partial charge on any atom is 0.0646 e. The van der Waals surface area contributed by atoms with Crippen LogP contribution in [0.5, 0.6) is 0 Å².